The van der Waals surface area contributed by atoms with Crippen molar-refractivity contribution >= 4 is 44.7 Å². The van der Waals surface area contributed by atoms with Crippen molar-refractivity contribution in [2.45, 2.75) is 6.54 Å². The maximum absolute atomic E-state index is 5.43. The van der Waals surface area contributed by atoms with Crippen molar-refractivity contribution in [1.82, 2.24) is 9.97 Å². The monoisotopic (exact) mass is 291 g/mol. The molecule has 0 aliphatic carbocycles. The van der Waals surface area contributed by atoms with Crippen LogP contribution in [0.3, 0.4) is 0 Å². The zero-order chi connectivity index (χ0) is 13.2. The smallest absolute Gasteiger partial charge is 0.239 e. The zero-order valence-electron chi connectivity index (χ0n) is 10.3. The van der Waals surface area contributed by atoms with Crippen molar-refractivity contribution in [2.24, 2.45) is 5.84 Å². The van der Waals surface area contributed by atoms with E-state index in [0.717, 1.165) is 22.6 Å². The maximum Gasteiger partial charge on any atom is 0.239 e. The van der Waals surface area contributed by atoms with Gasteiger partial charge in [0.1, 0.15) is 0 Å². The van der Waals surface area contributed by atoms with Gasteiger partial charge in [-0.1, -0.05) is 0 Å². The normalized spacial score (nSPS) is 10.8. The minimum absolute atomic E-state index is 0.443. The van der Waals surface area contributed by atoms with Gasteiger partial charge in [-0.15, -0.1) is 11.3 Å². The minimum Gasteiger partial charge on any atom is -0.354 e. The molecule has 0 bridgehead atoms. The number of rotatable bonds is 4. The van der Waals surface area contributed by atoms with Gasteiger partial charge in [-0.2, -0.15) is 16.3 Å². The lowest BCUT2D eigenvalue weighted by Crippen LogP contribution is -2.19. The number of aromatic nitrogens is 2. The van der Waals surface area contributed by atoms with E-state index in [1.807, 2.05) is 18.5 Å². The average Bonchev–Trinajstić information content (AvgIpc) is 3.07. The van der Waals surface area contributed by atoms with Crippen molar-refractivity contribution in [3.63, 3.8) is 0 Å². The summed E-state index contributed by atoms with van der Waals surface area (Å²) in [7, 11) is 2.03. The van der Waals surface area contributed by atoms with Crippen molar-refractivity contribution < 1.29 is 0 Å². The van der Waals surface area contributed by atoms with Crippen LogP contribution in [0.1, 0.15) is 5.56 Å². The Balaban J connectivity index is 2.00. The molecule has 0 saturated carbocycles. The predicted molar refractivity (Wildman–Crippen MR) is 81.7 cm³/mol. The Kier molecular flexibility index (Phi) is 3.33. The molecule has 0 radical (unpaired) electrons. The third-order valence-electron chi connectivity index (χ3n) is 2.78. The average molecular weight is 291 g/mol. The number of nitrogens with zero attached hydrogens (tertiary/aromatic N) is 3. The Morgan fingerprint density at radius 1 is 1.32 bits per heavy atom. The van der Waals surface area contributed by atoms with Crippen LogP contribution in [0, 0.1) is 0 Å². The fraction of sp³-hybridized carbons (Fsp3) is 0.167. The van der Waals surface area contributed by atoms with E-state index in [4.69, 9.17) is 5.84 Å². The molecule has 0 aliphatic heterocycles. The van der Waals surface area contributed by atoms with Gasteiger partial charge in [0, 0.05) is 13.6 Å². The molecule has 19 heavy (non-hydrogen) atoms. The first kappa shape index (κ1) is 12.3. The fourth-order valence-corrected chi connectivity index (χ4v) is 3.44. The van der Waals surface area contributed by atoms with Crippen molar-refractivity contribution in [3.05, 3.63) is 33.8 Å². The van der Waals surface area contributed by atoms with Crippen LogP contribution < -0.4 is 16.2 Å². The van der Waals surface area contributed by atoms with E-state index < -0.39 is 0 Å². The van der Waals surface area contributed by atoms with Crippen LogP contribution in [0.4, 0.5) is 11.8 Å². The second-order valence-electron chi connectivity index (χ2n) is 4.14. The van der Waals surface area contributed by atoms with E-state index in [1.165, 1.54) is 5.56 Å². The van der Waals surface area contributed by atoms with Crippen LogP contribution in [-0.2, 0) is 6.54 Å². The van der Waals surface area contributed by atoms with Crippen LogP contribution in [0.25, 0.3) is 10.2 Å². The zero-order valence-corrected chi connectivity index (χ0v) is 12.0. The largest absolute Gasteiger partial charge is 0.354 e. The molecular weight excluding hydrogens is 278 g/mol. The van der Waals surface area contributed by atoms with E-state index in [0.29, 0.717) is 5.95 Å². The van der Waals surface area contributed by atoms with E-state index in [9.17, 15) is 0 Å². The number of hydrogen-bond donors (Lipinski definition) is 2. The van der Waals surface area contributed by atoms with Gasteiger partial charge >= 0.3 is 0 Å². The van der Waals surface area contributed by atoms with Gasteiger partial charge in [-0.25, -0.2) is 10.8 Å². The Morgan fingerprint density at radius 3 is 2.95 bits per heavy atom. The standard InChI is InChI=1S/C12H13N5S2/c1-17(6-8-2-4-18-7-8)11-10-9(3-5-19-10)14-12(15-11)16-13/h2-5,7H,6,13H2,1H3,(H,14,15,16). The first-order chi connectivity index (χ1) is 9.28. The van der Waals surface area contributed by atoms with Crippen molar-refractivity contribution in [1.29, 1.82) is 0 Å². The molecule has 0 spiro atoms. The molecule has 0 aromatic carbocycles. The van der Waals surface area contributed by atoms with Gasteiger partial charge in [0.05, 0.1) is 10.2 Å². The summed E-state index contributed by atoms with van der Waals surface area (Å²) in [5, 5.41) is 6.24. The van der Waals surface area contributed by atoms with E-state index >= 15 is 0 Å². The second kappa shape index (κ2) is 5.12. The lowest BCUT2D eigenvalue weighted by molar-refractivity contribution is 0.905. The highest BCUT2D eigenvalue weighted by atomic mass is 32.1. The van der Waals surface area contributed by atoms with Crippen LogP contribution in [0.15, 0.2) is 28.3 Å². The molecule has 5 nitrogen and oxygen atoms in total. The summed E-state index contributed by atoms with van der Waals surface area (Å²) in [6.07, 6.45) is 0. The molecule has 3 aromatic rings. The molecule has 0 aliphatic rings. The summed E-state index contributed by atoms with van der Waals surface area (Å²) in [5.41, 5.74) is 4.71. The van der Waals surface area contributed by atoms with Gasteiger partial charge < -0.3 is 4.90 Å². The highest BCUT2D eigenvalue weighted by molar-refractivity contribution is 7.17. The molecule has 0 atom stereocenters. The molecule has 0 amide bonds. The molecule has 0 unspecified atom stereocenters. The van der Waals surface area contributed by atoms with Crippen LogP contribution in [0.5, 0.6) is 0 Å². The number of hydrazine groups is 1. The van der Waals surface area contributed by atoms with Gasteiger partial charge in [0.2, 0.25) is 5.95 Å². The molecule has 3 rings (SSSR count). The SMILES string of the molecule is CN(Cc1ccsc1)c1nc(NN)nc2ccsc12. The van der Waals surface area contributed by atoms with Crippen LogP contribution in [0.2, 0.25) is 0 Å². The van der Waals surface area contributed by atoms with Crippen molar-refractivity contribution in [2.75, 3.05) is 17.4 Å². The number of thiophene rings is 2. The number of nitrogens with one attached hydrogen (secondary N) is 1. The molecule has 0 saturated heterocycles. The van der Waals surface area contributed by atoms with Gasteiger partial charge in [0.25, 0.3) is 0 Å². The second-order valence-corrected chi connectivity index (χ2v) is 5.83. The molecule has 3 aromatic heterocycles. The minimum atomic E-state index is 0.443. The summed E-state index contributed by atoms with van der Waals surface area (Å²) < 4.78 is 1.08. The summed E-state index contributed by atoms with van der Waals surface area (Å²) in [6.45, 7) is 0.817. The lowest BCUT2D eigenvalue weighted by atomic mass is 10.3. The fourth-order valence-electron chi connectivity index (χ4n) is 1.90. The molecule has 7 heteroatoms. The lowest BCUT2D eigenvalue weighted by Gasteiger charge is -2.18. The van der Waals surface area contributed by atoms with E-state index in [-0.39, 0.29) is 0 Å². The molecular formula is C12H13N5S2. The highest BCUT2D eigenvalue weighted by Crippen LogP contribution is 2.30. The maximum atomic E-state index is 5.43. The summed E-state index contributed by atoms with van der Waals surface area (Å²) >= 11 is 3.34. The Bertz CT molecular complexity index is 677. The third-order valence-corrected chi connectivity index (χ3v) is 4.41. The molecule has 98 valence electrons. The van der Waals surface area contributed by atoms with Crippen molar-refractivity contribution in [3.8, 4) is 0 Å². The first-order valence-electron chi connectivity index (χ1n) is 5.72. The number of anilines is 2. The molecule has 0 fully saturated rings. The summed E-state index contributed by atoms with van der Waals surface area (Å²) in [5.74, 6) is 6.77. The summed E-state index contributed by atoms with van der Waals surface area (Å²) in [6, 6.07) is 4.10. The molecule has 3 heterocycles. The highest BCUT2D eigenvalue weighted by Gasteiger charge is 2.13. The predicted octanol–water partition coefficient (Wildman–Crippen LogP) is 2.67. The third kappa shape index (κ3) is 2.40. The molecule has 3 N–H and O–H groups in total. The Morgan fingerprint density at radius 2 is 2.21 bits per heavy atom. The Labute approximate surface area is 118 Å². The summed E-state index contributed by atoms with van der Waals surface area (Å²) in [4.78, 5) is 10.9. The van der Waals surface area contributed by atoms with Crippen LogP contribution >= 0.6 is 22.7 Å². The number of fused-ring (bicyclic) bond motifs is 1. The van der Waals surface area contributed by atoms with E-state index in [1.54, 1.807) is 22.7 Å². The van der Waals surface area contributed by atoms with Gasteiger partial charge in [-0.3, -0.25) is 5.43 Å². The van der Waals surface area contributed by atoms with E-state index in [2.05, 4.69) is 37.1 Å². The first-order valence-corrected chi connectivity index (χ1v) is 7.54. The Hall–Kier alpha value is -1.70. The van der Waals surface area contributed by atoms with Gasteiger partial charge in [0.15, 0.2) is 5.82 Å². The van der Waals surface area contributed by atoms with Gasteiger partial charge in [-0.05, 0) is 33.8 Å². The number of nitrogens with two attached hydrogens (primary N) is 1. The number of hydrogen-bond acceptors (Lipinski definition) is 7. The topological polar surface area (TPSA) is 67.1 Å². The van der Waals surface area contributed by atoms with Crippen LogP contribution in [-0.4, -0.2) is 17.0 Å². The quantitative estimate of drug-likeness (QED) is 0.571. The number of nitrogen functional groups attached to an aromatic ring is 1.